The van der Waals surface area contributed by atoms with Crippen molar-refractivity contribution >= 4 is 23.8 Å². The van der Waals surface area contributed by atoms with Gasteiger partial charge in [-0.15, -0.1) is 0 Å². The van der Waals surface area contributed by atoms with Crippen molar-refractivity contribution in [3.63, 3.8) is 0 Å². The smallest absolute Gasteiger partial charge is 0.326 e. The van der Waals surface area contributed by atoms with Gasteiger partial charge in [0.15, 0.2) is 0 Å². The molecule has 0 aliphatic carbocycles. The summed E-state index contributed by atoms with van der Waals surface area (Å²) >= 11 is 0. The Balaban J connectivity index is 2.00. The third-order valence-corrected chi connectivity index (χ3v) is 3.66. The summed E-state index contributed by atoms with van der Waals surface area (Å²) in [5.74, 6) is -2.43. The number of aliphatic carboxylic acids is 1. The molecule has 3 N–H and O–H groups in total. The van der Waals surface area contributed by atoms with Gasteiger partial charge < -0.3 is 15.7 Å². The van der Waals surface area contributed by atoms with Crippen LogP contribution in [0.2, 0.25) is 0 Å². The Kier molecular flexibility index (Phi) is 4.87. The molecule has 1 heterocycles. The predicted octanol–water partition coefficient (Wildman–Crippen LogP) is 0.129. The van der Waals surface area contributed by atoms with E-state index in [0.29, 0.717) is 0 Å². The highest BCUT2D eigenvalue weighted by Gasteiger charge is 2.45. The Bertz CT molecular complexity index is 672. The highest BCUT2D eigenvalue weighted by atomic mass is 16.4. The minimum absolute atomic E-state index is 0.105. The zero-order valence-corrected chi connectivity index (χ0v) is 13.4. The summed E-state index contributed by atoms with van der Waals surface area (Å²) in [5.41, 5.74) is -0.325. The lowest BCUT2D eigenvalue weighted by molar-refractivity contribution is -0.142. The van der Waals surface area contributed by atoms with Crippen LogP contribution in [0.3, 0.4) is 0 Å². The number of urea groups is 1. The van der Waals surface area contributed by atoms with Crippen LogP contribution in [0.4, 0.5) is 4.79 Å². The Labute approximate surface area is 138 Å². The molecule has 0 unspecified atom stereocenters. The molecule has 4 amide bonds. The molecule has 0 bridgehead atoms. The zero-order valence-electron chi connectivity index (χ0n) is 13.4. The number of hydrogen-bond donors (Lipinski definition) is 3. The van der Waals surface area contributed by atoms with Crippen molar-refractivity contribution in [3.8, 4) is 0 Å². The minimum Gasteiger partial charge on any atom is -0.480 e. The van der Waals surface area contributed by atoms with Crippen LogP contribution in [-0.4, -0.2) is 51.9 Å². The van der Waals surface area contributed by atoms with E-state index in [0.717, 1.165) is 10.5 Å². The van der Waals surface area contributed by atoms with E-state index in [-0.39, 0.29) is 6.42 Å². The third kappa shape index (κ3) is 3.89. The van der Waals surface area contributed by atoms with Crippen molar-refractivity contribution in [1.29, 1.82) is 0 Å². The molecule has 8 nitrogen and oxygen atoms in total. The number of hydrogen-bond acceptors (Lipinski definition) is 4. The highest BCUT2D eigenvalue weighted by Crippen LogP contribution is 2.16. The van der Waals surface area contributed by atoms with Crippen LogP contribution >= 0.6 is 0 Å². The second-order valence-corrected chi connectivity index (χ2v) is 6.09. The number of amides is 4. The molecule has 0 aromatic heterocycles. The molecule has 24 heavy (non-hydrogen) atoms. The summed E-state index contributed by atoms with van der Waals surface area (Å²) in [6.07, 6.45) is 0.105. The molecule has 1 aliphatic rings. The van der Waals surface area contributed by atoms with E-state index >= 15 is 0 Å². The van der Waals surface area contributed by atoms with Gasteiger partial charge in [0, 0.05) is 6.42 Å². The van der Waals surface area contributed by atoms with E-state index in [1.807, 2.05) is 0 Å². The lowest BCUT2D eigenvalue weighted by Gasteiger charge is -2.18. The molecule has 1 fully saturated rings. The Morgan fingerprint density at radius 2 is 1.88 bits per heavy atom. The SMILES string of the molecule is CC1(C)NC(=O)N(CC(=O)N[C@H](Cc2ccccc2)C(=O)O)C1=O. The molecular weight excluding hydrogens is 314 g/mol. The first kappa shape index (κ1) is 17.5. The van der Waals surface area contributed by atoms with Crippen molar-refractivity contribution < 1.29 is 24.3 Å². The van der Waals surface area contributed by atoms with Crippen molar-refractivity contribution in [2.75, 3.05) is 6.54 Å². The predicted molar refractivity (Wildman–Crippen MR) is 84.0 cm³/mol. The zero-order chi connectivity index (χ0) is 17.9. The van der Waals surface area contributed by atoms with Crippen molar-refractivity contribution in [2.24, 2.45) is 0 Å². The summed E-state index contributed by atoms with van der Waals surface area (Å²) < 4.78 is 0. The van der Waals surface area contributed by atoms with Crippen LogP contribution in [-0.2, 0) is 20.8 Å². The number of carboxylic acid groups (broad SMARTS) is 1. The van der Waals surface area contributed by atoms with Gasteiger partial charge in [-0.3, -0.25) is 14.5 Å². The third-order valence-electron chi connectivity index (χ3n) is 3.66. The summed E-state index contributed by atoms with van der Waals surface area (Å²) in [7, 11) is 0. The van der Waals surface area contributed by atoms with E-state index in [1.54, 1.807) is 30.3 Å². The summed E-state index contributed by atoms with van der Waals surface area (Å²) in [4.78, 5) is 47.9. The fourth-order valence-electron chi connectivity index (χ4n) is 2.39. The van der Waals surface area contributed by atoms with E-state index in [9.17, 15) is 24.3 Å². The lowest BCUT2D eigenvalue weighted by atomic mass is 10.1. The van der Waals surface area contributed by atoms with Crippen LogP contribution < -0.4 is 10.6 Å². The standard InChI is InChI=1S/C16H19N3O5/c1-16(2)14(23)19(15(24)18-16)9-12(20)17-11(13(21)22)8-10-6-4-3-5-7-10/h3-7,11H,8-9H2,1-2H3,(H,17,20)(H,18,24)(H,21,22)/t11-/m1/s1. The van der Waals surface area contributed by atoms with Crippen LogP contribution in [0.1, 0.15) is 19.4 Å². The van der Waals surface area contributed by atoms with Gasteiger partial charge in [-0.1, -0.05) is 30.3 Å². The van der Waals surface area contributed by atoms with Crippen LogP contribution in [0.5, 0.6) is 0 Å². The molecule has 1 aromatic carbocycles. The van der Waals surface area contributed by atoms with Crippen molar-refractivity contribution in [1.82, 2.24) is 15.5 Å². The minimum atomic E-state index is -1.19. The fraction of sp³-hybridized carbons (Fsp3) is 0.375. The van der Waals surface area contributed by atoms with Gasteiger partial charge in [0.1, 0.15) is 18.1 Å². The summed E-state index contributed by atoms with van der Waals surface area (Å²) in [6, 6.07) is 7.03. The average Bonchev–Trinajstić information content (AvgIpc) is 2.69. The normalized spacial score (nSPS) is 17.3. The van der Waals surface area contributed by atoms with Gasteiger partial charge in [0.05, 0.1) is 0 Å². The monoisotopic (exact) mass is 333 g/mol. The van der Waals surface area contributed by atoms with E-state index in [2.05, 4.69) is 10.6 Å². The molecule has 1 saturated heterocycles. The molecule has 8 heteroatoms. The Morgan fingerprint density at radius 1 is 1.25 bits per heavy atom. The molecule has 1 aliphatic heterocycles. The van der Waals surface area contributed by atoms with Gasteiger partial charge in [0.2, 0.25) is 5.91 Å². The number of benzene rings is 1. The lowest BCUT2D eigenvalue weighted by Crippen LogP contribution is -2.48. The van der Waals surface area contributed by atoms with Gasteiger partial charge in [-0.25, -0.2) is 9.59 Å². The Hall–Kier alpha value is -2.90. The molecule has 2 rings (SSSR count). The molecular formula is C16H19N3O5. The molecule has 1 aromatic rings. The number of carbonyl (C=O) groups is 4. The fourth-order valence-corrected chi connectivity index (χ4v) is 2.39. The maximum Gasteiger partial charge on any atom is 0.326 e. The average molecular weight is 333 g/mol. The first-order valence-corrected chi connectivity index (χ1v) is 7.41. The van der Waals surface area contributed by atoms with Crippen LogP contribution in [0.15, 0.2) is 30.3 Å². The van der Waals surface area contributed by atoms with Crippen molar-refractivity contribution in [3.05, 3.63) is 35.9 Å². The molecule has 1 atom stereocenters. The summed E-state index contributed by atoms with van der Waals surface area (Å²) in [5, 5.41) is 14.1. The first-order valence-electron chi connectivity index (χ1n) is 7.41. The quantitative estimate of drug-likeness (QED) is 0.640. The number of nitrogens with one attached hydrogen (secondary N) is 2. The number of nitrogens with zero attached hydrogens (tertiary/aromatic N) is 1. The largest absolute Gasteiger partial charge is 0.480 e. The maximum absolute atomic E-state index is 12.1. The maximum atomic E-state index is 12.1. The number of imide groups is 1. The van der Waals surface area contributed by atoms with E-state index in [1.165, 1.54) is 13.8 Å². The molecule has 0 saturated carbocycles. The number of carbonyl (C=O) groups excluding carboxylic acids is 3. The Morgan fingerprint density at radius 3 is 2.38 bits per heavy atom. The van der Waals surface area contributed by atoms with Gasteiger partial charge in [0.25, 0.3) is 5.91 Å². The summed E-state index contributed by atoms with van der Waals surface area (Å²) in [6.45, 7) is 2.54. The number of rotatable bonds is 6. The molecule has 0 spiro atoms. The molecule has 0 radical (unpaired) electrons. The topological polar surface area (TPSA) is 116 Å². The second kappa shape index (κ2) is 6.69. The van der Waals surface area contributed by atoms with Gasteiger partial charge in [-0.05, 0) is 19.4 Å². The van der Waals surface area contributed by atoms with Crippen molar-refractivity contribution in [2.45, 2.75) is 31.8 Å². The van der Waals surface area contributed by atoms with Crippen LogP contribution in [0, 0.1) is 0 Å². The van der Waals surface area contributed by atoms with E-state index < -0.39 is 41.9 Å². The first-order chi connectivity index (χ1) is 11.2. The highest BCUT2D eigenvalue weighted by molar-refractivity contribution is 6.08. The van der Waals surface area contributed by atoms with Gasteiger partial charge >= 0.3 is 12.0 Å². The van der Waals surface area contributed by atoms with Gasteiger partial charge in [-0.2, -0.15) is 0 Å². The molecule has 128 valence electrons. The van der Waals surface area contributed by atoms with Crippen LogP contribution in [0.25, 0.3) is 0 Å². The second-order valence-electron chi connectivity index (χ2n) is 6.09. The van der Waals surface area contributed by atoms with E-state index in [4.69, 9.17) is 0 Å². The number of carboxylic acids is 1.